The first-order valence-electron chi connectivity index (χ1n) is 5.68. The van der Waals surface area contributed by atoms with E-state index in [4.69, 9.17) is 0 Å². The van der Waals surface area contributed by atoms with Gasteiger partial charge >= 0.3 is 0 Å². The Bertz CT molecular complexity index is 158. The van der Waals surface area contributed by atoms with Gasteiger partial charge in [0, 0.05) is 18.8 Å². The molecule has 0 aromatic carbocycles. The van der Waals surface area contributed by atoms with Crippen molar-refractivity contribution >= 4 is 0 Å². The number of nitrogens with zero attached hydrogens (tertiary/aromatic N) is 2. The lowest BCUT2D eigenvalue weighted by Crippen LogP contribution is -2.40. The average molecular weight is 198 g/mol. The Labute approximate surface area is 89.6 Å². The number of likely N-dealkylation sites (tertiary alicyclic amines) is 1. The van der Waals surface area contributed by atoms with E-state index >= 15 is 0 Å². The minimum atomic E-state index is 0.721. The van der Waals surface area contributed by atoms with Gasteiger partial charge in [0.05, 0.1) is 0 Å². The zero-order valence-electron chi connectivity index (χ0n) is 10.5. The van der Waals surface area contributed by atoms with Crippen molar-refractivity contribution < 1.29 is 0 Å². The molecule has 0 unspecified atom stereocenters. The van der Waals surface area contributed by atoms with Gasteiger partial charge in [0.2, 0.25) is 0 Å². The molecule has 0 aromatic rings. The number of hydrogen-bond acceptors (Lipinski definition) is 2. The Morgan fingerprint density at radius 2 is 1.71 bits per heavy atom. The summed E-state index contributed by atoms with van der Waals surface area (Å²) in [4.78, 5) is 4.70. The van der Waals surface area contributed by atoms with E-state index in [0.29, 0.717) is 0 Å². The second kappa shape index (κ2) is 6.88. The SMILES string of the molecule is C=C(C)N(C)C1CCN(C)CC1.CC. The van der Waals surface area contributed by atoms with Gasteiger partial charge in [0.1, 0.15) is 0 Å². The molecule has 0 N–H and O–H groups in total. The third-order valence-corrected chi connectivity index (χ3v) is 2.84. The molecule has 1 aliphatic rings. The average Bonchev–Trinajstić information content (AvgIpc) is 2.21. The van der Waals surface area contributed by atoms with Crippen LogP contribution in [-0.2, 0) is 0 Å². The lowest BCUT2D eigenvalue weighted by Gasteiger charge is -2.36. The molecule has 0 aliphatic carbocycles. The Morgan fingerprint density at radius 3 is 2.07 bits per heavy atom. The maximum Gasteiger partial charge on any atom is 0.0307 e. The predicted octanol–water partition coefficient (Wildman–Crippen LogP) is 2.57. The smallest absolute Gasteiger partial charge is 0.0307 e. The van der Waals surface area contributed by atoms with Crippen LogP contribution in [0.3, 0.4) is 0 Å². The monoisotopic (exact) mass is 198 g/mol. The fourth-order valence-corrected chi connectivity index (χ4v) is 1.69. The van der Waals surface area contributed by atoms with Gasteiger partial charge in [-0.05, 0) is 39.9 Å². The number of piperidine rings is 1. The quantitative estimate of drug-likeness (QED) is 0.673. The highest BCUT2D eigenvalue weighted by molar-refractivity contribution is 4.92. The molecule has 0 amide bonds. The van der Waals surface area contributed by atoms with Crippen molar-refractivity contribution in [3.8, 4) is 0 Å². The molecule has 0 bridgehead atoms. The van der Waals surface area contributed by atoms with Gasteiger partial charge in [-0.3, -0.25) is 0 Å². The van der Waals surface area contributed by atoms with Crippen molar-refractivity contribution in [2.75, 3.05) is 27.2 Å². The molecular formula is C12H26N2. The van der Waals surface area contributed by atoms with E-state index in [-0.39, 0.29) is 0 Å². The molecule has 0 atom stereocenters. The molecule has 14 heavy (non-hydrogen) atoms. The van der Waals surface area contributed by atoms with Crippen LogP contribution in [0, 0.1) is 0 Å². The summed E-state index contributed by atoms with van der Waals surface area (Å²) in [6, 6.07) is 0.721. The topological polar surface area (TPSA) is 6.48 Å². The number of allylic oxidation sites excluding steroid dienone is 1. The van der Waals surface area contributed by atoms with Crippen LogP contribution in [0.5, 0.6) is 0 Å². The molecule has 0 spiro atoms. The van der Waals surface area contributed by atoms with E-state index in [9.17, 15) is 0 Å². The van der Waals surface area contributed by atoms with E-state index in [1.807, 2.05) is 13.8 Å². The van der Waals surface area contributed by atoms with Crippen LogP contribution in [0.2, 0.25) is 0 Å². The highest BCUT2D eigenvalue weighted by Gasteiger charge is 2.19. The molecular weight excluding hydrogens is 172 g/mol. The largest absolute Gasteiger partial charge is 0.375 e. The van der Waals surface area contributed by atoms with Crippen LogP contribution >= 0.6 is 0 Å². The lowest BCUT2D eigenvalue weighted by atomic mass is 10.0. The predicted molar refractivity (Wildman–Crippen MR) is 64.4 cm³/mol. The molecule has 2 heteroatoms. The first kappa shape index (κ1) is 13.5. The van der Waals surface area contributed by atoms with Gasteiger partial charge in [-0.1, -0.05) is 20.4 Å². The van der Waals surface area contributed by atoms with Gasteiger partial charge in [-0.2, -0.15) is 0 Å². The van der Waals surface area contributed by atoms with E-state index in [0.717, 1.165) is 6.04 Å². The van der Waals surface area contributed by atoms with Crippen LogP contribution in [0.15, 0.2) is 12.3 Å². The van der Waals surface area contributed by atoms with Gasteiger partial charge in [-0.15, -0.1) is 0 Å². The normalized spacial score (nSPS) is 18.4. The van der Waals surface area contributed by atoms with E-state index in [1.54, 1.807) is 0 Å². The van der Waals surface area contributed by atoms with Gasteiger partial charge < -0.3 is 9.80 Å². The van der Waals surface area contributed by atoms with Crippen molar-refractivity contribution in [3.63, 3.8) is 0 Å². The highest BCUT2D eigenvalue weighted by atomic mass is 15.2. The first-order chi connectivity index (χ1) is 6.61. The minimum Gasteiger partial charge on any atom is -0.375 e. The van der Waals surface area contributed by atoms with Crippen LogP contribution in [0.1, 0.15) is 33.6 Å². The first-order valence-corrected chi connectivity index (χ1v) is 5.68. The maximum absolute atomic E-state index is 3.96. The summed E-state index contributed by atoms with van der Waals surface area (Å²) in [6.45, 7) is 12.5. The van der Waals surface area contributed by atoms with Crippen LogP contribution < -0.4 is 0 Å². The standard InChI is InChI=1S/C10H20N2.C2H6/c1-9(2)12(4)10-5-7-11(3)8-6-10;1-2/h10H,1,5-8H2,2-4H3;1-2H3. The molecule has 1 aliphatic heterocycles. The molecule has 2 nitrogen and oxygen atoms in total. The van der Waals surface area contributed by atoms with Crippen LogP contribution in [0.4, 0.5) is 0 Å². The van der Waals surface area contributed by atoms with Crippen molar-refractivity contribution in [3.05, 3.63) is 12.3 Å². The summed E-state index contributed by atoms with van der Waals surface area (Å²) in [7, 11) is 4.34. The molecule has 1 saturated heterocycles. The van der Waals surface area contributed by atoms with Crippen molar-refractivity contribution in [2.24, 2.45) is 0 Å². The fourth-order valence-electron chi connectivity index (χ4n) is 1.69. The van der Waals surface area contributed by atoms with Crippen molar-refractivity contribution in [1.82, 2.24) is 9.80 Å². The lowest BCUT2D eigenvalue weighted by molar-refractivity contribution is 0.171. The summed E-state index contributed by atoms with van der Waals surface area (Å²) in [5, 5.41) is 0. The Morgan fingerprint density at radius 1 is 1.29 bits per heavy atom. The minimum absolute atomic E-state index is 0.721. The summed E-state index contributed by atoms with van der Waals surface area (Å²) < 4.78 is 0. The molecule has 1 heterocycles. The number of hydrogen-bond donors (Lipinski definition) is 0. The molecule has 1 fully saturated rings. The Kier molecular flexibility index (Phi) is 6.64. The fraction of sp³-hybridized carbons (Fsp3) is 0.833. The van der Waals surface area contributed by atoms with Crippen LogP contribution in [-0.4, -0.2) is 43.0 Å². The summed E-state index contributed by atoms with van der Waals surface area (Å²) in [6.07, 6.45) is 2.56. The zero-order valence-corrected chi connectivity index (χ0v) is 10.5. The van der Waals surface area contributed by atoms with Gasteiger partial charge in [0.25, 0.3) is 0 Å². The molecule has 0 radical (unpaired) electrons. The van der Waals surface area contributed by atoms with Crippen molar-refractivity contribution in [2.45, 2.75) is 39.7 Å². The molecule has 0 saturated carbocycles. The van der Waals surface area contributed by atoms with E-state index < -0.39 is 0 Å². The van der Waals surface area contributed by atoms with E-state index in [1.165, 1.54) is 31.6 Å². The van der Waals surface area contributed by atoms with Crippen molar-refractivity contribution in [1.29, 1.82) is 0 Å². The molecule has 84 valence electrons. The second-order valence-electron chi connectivity index (χ2n) is 3.88. The van der Waals surface area contributed by atoms with E-state index in [2.05, 4.69) is 37.4 Å². The maximum atomic E-state index is 3.96. The third-order valence-electron chi connectivity index (χ3n) is 2.84. The summed E-state index contributed by atoms with van der Waals surface area (Å²) in [5.41, 5.74) is 1.18. The molecule has 1 rings (SSSR count). The summed E-state index contributed by atoms with van der Waals surface area (Å²) in [5.74, 6) is 0. The Balaban J connectivity index is 0.000000791. The third kappa shape index (κ3) is 4.14. The summed E-state index contributed by atoms with van der Waals surface area (Å²) >= 11 is 0. The van der Waals surface area contributed by atoms with Gasteiger partial charge in [-0.25, -0.2) is 0 Å². The molecule has 0 aromatic heterocycles. The number of rotatable bonds is 2. The van der Waals surface area contributed by atoms with Crippen LogP contribution in [0.25, 0.3) is 0 Å². The second-order valence-corrected chi connectivity index (χ2v) is 3.88. The zero-order chi connectivity index (χ0) is 11.1. The van der Waals surface area contributed by atoms with Gasteiger partial charge in [0.15, 0.2) is 0 Å². The Hall–Kier alpha value is -0.500. The highest BCUT2D eigenvalue weighted by Crippen LogP contribution is 2.16.